The van der Waals surface area contributed by atoms with Crippen LogP contribution in [0.4, 0.5) is 5.69 Å². The molecule has 1 aliphatic carbocycles. The van der Waals surface area contributed by atoms with Crippen molar-refractivity contribution in [1.29, 1.82) is 0 Å². The van der Waals surface area contributed by atoms with Crippen molar-refractivity contribution in [2.75, 3.05) is 11.9 Å². The fraction of sp³-hybridized carbons (Fsp3) is 0.600. The lowest BCUT2D eigenvalue weighted by Crippen LogP contribution is -2.33. The third-order valence-corrected chi connectivity index (χ3v) is 3.87. The van der Waals surface area contributed by atoms with Crippen molar-refractivity contribution < 1.29 is 0 Å². The predicted molar refractivity (Wildman–Crippen MR) is 71.1 cm³/mol. The van der Waals surface area contributed by atoms with Crippen molar-refractivity contribution in [3.05, 3.63) is 29.8 Å². The van der Waals surface area contributed by atoms with Gasteiger partial charge in [-0.05, 0) is 37.0 Å². The number of benzene rings is 1. The van der Waals surface area contributed by atoms with Crippen molar-refractivity contribution >= 4 is 5.69 Å². The number of rotatable bonds is 3. The molecule has 0 amide bonds. The van der Waals surface area contributed by atoms with Gasteiger partial charge in [0.15, 0.2) is 0 Å². The summed E-state index contributed by atoms with van der Waals surface area (Å²) in [5, 5.41) is 0. The van der Waals surface area contributed by atoms with E-state index in [1.165, 1.54) is 43.4 Å². The molecular weight excluding hydrogens is 194 g/mol. The fourth-order valence-corrected chi connectivity index (χ4v) is 2.65. The topological polar surface area (TPSA) is 3.24 Å². The molecule has 0 unspecified atom stereocenters. The molecular formula is C15H23N. The number of aryl methyl sites for hydroxylation is 1. The van der Waals surface area contributed by atoms with E-state index in [-0.39, 0.29) is 0 Å². The first-order valence-corrected chi connectivity index (χ1v) is 6.63. The van der Waals surface area contributed by atoms with Crippen molar-refractivity contribution in [3.63, 3.8) is 0 Å². The fourth-order valence-electron chi connectivity index (χ4n) is 2.65. The first-order valence-electron chi connectivity index (χ1n) is 6.63. The molecule has 1 aromatic rings. The summed E-state index contributed by atoms with van der Waals surface area (Å²) < 4.78 is 0. The standard InChI is InChI=1S/C15H23N/c1-3-13-9-11-15(12-10-13)16(2)14-7-5-4-6-8-14/h9-12,14H,3-8H2,1-2H3. The maximum atomic E-state index is 2.47. The van der Waals surface area contributed by atoms with Crippen LogP contribution in [0.2, 0.25) is 0 Å². The van der Waals surface area contributed by atoms with Crippen molar-refractivity contribution in [3.8, 4) is 0 Å². The molecule has 16 heavy (non-hydrogen) atoms. The summed E-state index contributed by atoms with van der Waals surface area (Å²) in [4.78, 5) is 2.47. The Bertz CT molecular complexity index is 309. The quantitative estimate of drug-likeness (QED) is 0.739. The Labute approximate surface area is 99.5 Å². The van der Waals surface area contributed by atoms with E-state index in [0.29, 0.717) is 0 Å². The number of nitrogens with zero attached hydrogens (tertiary/aromatic N) is 1. The highest BCUT2D eigenvalue weighted by molar-refractivity contribution is 5.47. The first kappa shape index (κ1) is 11.5. The lowest BCUT2D eigenvalue weighted by molar-refractivity contribution is 0.427. The summed E-state index contributed by atoms with van der Waals surface area (Å²) >= 11 is 0. The largest absolute Gasteiger partial charge is 0.372 e. The number of anilines is 1. The van der Waals surface area contributed by atoms with Gasteiger partial charge in [-0.25, -0.2) is 0 Å². The Morgan fingerprint density at radius 2 is 1.69 bits per heavy atom. The Hall–Kier alpha value is -0.980. The normalized spacial score (nSPS) is 17.4. The van der Waals surface area contributed by atoms with Crippen LogP contribution < -0.4 is 4.90 Å². The van der Waals surface area contributed by atoms with Gasteiger partial charge in [-0.1, -0.05) is 38.3 Å². The molecule has 88 valence electrons. The molecule has 0 aliphatic heterocycles. The lowest BCUT2D eigenvalue weighted by Gasteiger charge is -2.33. The van der Waals surface area contributed by atoms with Gasteiger partial charge in [0.25, 0.3) is 0 Å². The van der Waals surface area contributed by atoms with Crippen LogP contribution in [0.25, 0.3) is 0 Å². The molecule has 1 heteroatoms. The van der Waals surface area contributed by atoms with Crippen LogP contribution in [0.3, 0.4) is 0 Å². The zero-order valence-corrected chi connectivity index (χ0v) is 10.6. The number of hydrogen-bond donors (Lipinski definition) is 0. The Kier molecular flexibility index (Phi) is 3.87. The molecule has 1 saturated carbocycles. The van der Waals surface area contributed by atoms with Crippen LogP contribution in [0.1, 0.15) is 44.6 Å². The molecule has 1 aliphatic rings. The molecule has 0 radical (unpaired) electrons. The third-order valence-electron chi connectivity index (χ3n) is 3.87. The van der Waals surface area contributed by atoms with Crippen LogP contribution >= 0.6 is 0 Å². The second-order valence-corrected chi connectivity index (χ2v) is 4.92. The minimum absolute atomic E-state index is 0.765. The maximum absolute atomic E-state index is 2.47. The molecule has 0 bridgehead atoms. The van der Waals surface area contributed by atoms with Gasteiger partial charge in [0.05, 0.1) is 0 Å². The monoisotopic (exact) mass is 217 g/mol. The summed E-state index contributed by atoms with van der Waals surface area (Å²) in [6, 6.07) is 9.82. The van der Waals surface area contributed by atoms with E-state index in [0.717, 1.165) is 12.5 Å². The zero-order chi connectivity index (χ0) is 11.4. The minimum atomic E-state index is 0.765. The number of hydrogen-bond acceptors (Lipinski definition) is 1. The second kappa shape index (κ2) is 5.38. The van der Waals surface area contributed by atoms with E-state index in [4.69, 9.17) is 0 Å². The molecule has 0 aromatic heterocycles. The summed E-state index contributed by atoms with van der Waals surface area (Å²) in [6.45, 7) is 2.21. The highest BCUT2D eigenvalue weighted by Crippen LogP contribution is 2.26. The van der Waals surface area contributed by atoms with E-state index in [9.17, 15) is 0 Å². The third kappa shape index (κ3) is 2.58. The zero-order valence-electron chi connectivity index (χ0n) is 10.6. The van der Waals surface area contributed by atoms with Crippen molar-refractivity contribution in [2.24, 2.45) is 0 Å². The van der Waals surface area contributed by atoms with Gasteiger partial charge >= 0.3 is 0 Å². The van der Waals surface area contributed by atoms with Crippen LogP contribution in [0.15, 0.2) is 24.3 Å². The van der Waals surface area contributed by atoms with E-state index in [2.05, 4.69) is 43.1 Å². The van der Waals surface area contributed by atoms with E-state index < -0.39 is 0 Å². The molecule has 1 aromatic carbocycles. The molecule has 1 fully saturated rings. The van der Waals surface area contributed by atoms with Gasteiger partial charge in [-0.15, -0.1) is 0 Å². The smallest absolute Gasteiger partial charge is 0.0366 e. The Morgan fingerprint density at radius 1 is 1.06 bits per heavy atom. The van der Waals surface area contributed by atoms with Crippen LogP contribution in [-0.2, 0) is 6.42 Å². The maximum Gasteiger partial charge on any atom is 0.0366 e. The Balaban J connectivity index is 2.04. The summed E-state index contributed by atoms with van der Waals surface area (Å²) in [5.74, 6) is 0. The first-order chi connectivity index (χ1) is 7.81. The molecule has 0 spiro atoms. The SMILES string of the molecule is CCc1ccc(N(C)C2CCCCC2)cc1. The molecule has 0 saturated heterocycles. The van der Waals surface area contributed by atoms with Crippen molar-refractivity contribution in [2.45, 2.75) is 51.5 Å². The molecule has 0 atom stereocenters. The molecule has 1 nitrogen and oxygen atoms in total. The highest BCUT2D eigenvalue weighted by Gasteiger charge is 2.17. The minimum Gasteiger partial charge on any atom is -0.372 e. The van der Waals surface area contributed by atoms with Gasteiger partial charge in [0.1, 0.15) is 0 Å². The van der Waals surface area contributed by atoms with Crippen LogP contribution in [0.5, 0.6) is 0 Å². The van der Waals surface area contributed by atoms with E-state index >= 15 is 0 Å². The second-order valence-electron chi connectivity index (χ2n) is 4.92. The van der Waals surface area contributed by atoms with Crippen LogP contribution in [0, 0.1) is 0 Å². The van der Waals surface area contributed by atoms with Gasteiger partial charge in [-0.3, -0.25) is 0 Å². The highest BCUT2D eigenvalue weighted by atomic mass is 15.1. The van der Waals surface area contributed by atoms with E-state index in [1.54, 1.807) is 0 Å². The van der Waals surface area contributed by atoms with Gasteiger partial charge in [0, 0.05) is 18.8 Å². The predicted octanol–water partition coefficient (Wildman–Crippen LogP) is 4.02. The van der Waals surface area contributed by atoms with Gasteiger partial charge < -0.3 is 4.90 Å². The summed E-state index contributed by atoms with van der Waals surface area (Å²) in [6.07, 6.45) is 8.11. The molecule has 0 heterocycles. The van der Waals surface area contributed by atoms with Crippen molar-refractivity contribution in [1.82, 2.24) is 0 Å². The average Bonchev–Trinajstić information content (AvgIpc) is 2.39. The average molecular weight is 217 g/mol. The molecule has 2 rings (SSSR count). The van der Waals surface area contributed by atoms with Gasteiger partial charge in [-0.2, -0.15) is 0 Å². The lowest BCUT2D eigenvalue weighted by atomic mass is 9.94. The summed E-state index contributed by atoms with van der Waals surface area (Å²) in [5.41, 5.74) is 2.81. The molecule has 0 N–H and O–H groups in total. The van der Waals surface area contributed by atoms with Crippen LogP contribution in [-0.4, -0.2) is 13.1 Å². The van der Waals surface area contributed by atoms with E-state index in [1.807, 2.05) is 0 Å². The Morgan fingerprint density at radius 3 is 2.25 bits per heavy atom. The summed E-state index contributed by atoms with van der Waals surface area (Å²) in [7, 11) is 2.25. The van der Waals surface area contributed by atoms with Gasteiger partial charge in [0.2, 0.25) is 0 Å².